The van der Waals surface area contributed by atoms with Crippen molar-refractivity contribution in [2.24, 2.45) is 0 Å². The zero-order valence-corrected chi connectivity index (χ0v) is 14.9. The van der Waals surface area contributed by atoms with E-state index in [1.54, 1.807) is 50.4 Å². The highest BCUT2D eigenvalue weighted by Crippen LogP contribution is 2.27. The first-order valence-electron chi connectivity index (χ1n) is 7.78. The average molecular weight is 374 g/mol. The smallest absolute Gasteiger partial charge is 0.288 e. The van der Waals surface area contributed by atoms with E-state index in [-0.39, 0.29) is 5.91 Å². The second kappa shape index (κ2) is 7.70. The molecule has 0 unspecified atom stereocenters. The van der Waals surface area contributed by atoms with Crippen LogP contribution in [0.5, 0.6) is 5.75 Å². The summed E-state index contributed by atoms with van der Waals surface area (Å²) in [6.07, 6.45) is 0. The molecule has 0 aliphatic heterocycles. The Labute approximate surface area is 153 Å². The molecule has 26 heavy (non-hydrogen) atoms. The Morgan fingerprint density at radius 1 is 1.15 bits per heavy atom. The van der Waals surface area contributed by atoms with Crippen molar-refractivity contribution in [3.63, 3.8) is 0 Å². The first-order chi connectivity index (χ1) is 12.5. The van der Waals surface area contributed by atoms with Crippen molar-refractivity contribution in [1.29, 1.82) is 0 Å². The molecular weight excluding hydrogens is 358 g/mol. The summed E-state index contributed by atoms with van der Waals surface area (Å²) in [5.41, 5.74) is 2.32. The van der Waals surface area contributed by atoms with E-state index in [1.165, 1.54) is 0 Å². The number of hydrogen-bond acceptors (Lipinski definition) is 4. The first kappa shape index (κ1) is 18.1. The van der Waals surface area contributed by atoms with E-state index in [2.05, 4.69) is 10.3 Å². The molecule has 1 aromatic heterocycles. The van der Waals surface area contributed by atoms with Gasteiger partial charge in [0.2, 0.25) is 0 Å². The lowest BCUT2D eigenvalue weighted by atomic mass is 10.1. The van der Waals surface area contributed by atoms with Gasteiger partial charge >= 0.3 is 0 Å². The lowest BCUT2D eigenvalue weighted by molar-refractivity contribution is 0.102. The van der Waals surface area contributed by atoms with Crippen molar-refractivity contribution >= 4 is 34.3 Å². The summed E-state index contributed by atoms with van der Waals surface area (Å²) in [6.45, 7) is 1.76. The van der Waals surface area contributed by atoms with Crippen molar-refractivity contribution in [2.75, 3.05) is 12.4 Å². The number of thioether (sulfide) groups is 1. The maximum atomic E-state index is 12.6. The first-order valence-corrected chi connectivity index (χ1v) is 8.66. The van der Waals surface area contributed by atoms with Crippen molar-refractivity contribution in [3.05, 3.63) is 59.8 Å². The minimum Gasteiger partial charge on any atom is -0.497 e. The van der Waals surface area contributed by atoms with Crippen LogP contribution in [0, 0.1) is 6.92 Å². The number of fused-ring (bicyclic) bond motifs is 1. The molecule has 0 saturated heterocycles. The quantitative estimate of drug-likeness (QED) is 0.630. The summed E-state index contributed by atoms with van der Waals surface area (Å²) in [5, 5.41) is 3.59. The van der Waals surface area contributed by atoms with Gasteiger partial charge in [0.15, 0.2) is 0 Å². The fourth-order valence-corrected chi connectivity index (χ4v) is 3.02. The summed E-state index contributed by atoms with van der Waals surface area (Å²) < 4.78 is 29.9. The number of amides is 1. The Morgan fingerprint density at radius 2 is 1.88 bits per heavy atom. The van der Waals surface area contributed by atoms with Gasteiger partial charge in [-0.2, -0.15) is 8.78 Å². The Kier molecular flexibility index (Phi) is 5.37. The fourth-order valence-electron chi connectivity index (χ4n) is 2.52. The number of anilines is 1. The topological polar surface area (TPSA) is 51.2 Å². The van der Waals surface area contributed by atoms with Crippen molar-refractivity contribution in [2.45, 2.75) is 17.6 Å². The van der Waals surface area contributed by atoms with Crippen LogP contribution < -0.4 is 10.1 Å². The molecule has 1 N–H and O–H groups in total. The molecule has 0 spiro atoms. The van der Waals surface area contributed by atoms with Gasteiger partial charge in [0, 0.05) is 22.0 Å². The highest BCUT2D eigenvalue weighted by atomic mass is 32.2. The van der Waals surface area contributed by atoms with E-state index in [4.69, 9.17) is 4.74 Å². The fraction of sp³-hybridized carbons (Fsp3) is 0.158. The number of alkyl halides is 2. The zero-order chi connectivity index (χ0) is 18.7. The number of carbonyl (C=O) groups is 1. The Morgan fingerprint density at radius 3 is 2.54 bits per heavy atom. The van der Waals surface area contributed by atoms with E-state index in [1.807, 2.05) is 12.1 Å². The van der Waals surface area contributed by atoms with E-state index < -0.39 is 5.76 Å². The molecule has 7 heteroatoms. The third-order valence-electron chi connectivity index (χ3n) is 3.80. The zero-order valence-electron chi connectivity index (χ0n) is 14.1. The molecule has 3 rings (SSSR count). The highest BCUT2D eigenvalue weighted by molar-refractivity contribution is 7.99. The number of ether oxygens (including phenoxy) is 1. The number of carbonyl (C=O) groups excluding carboxylic acids is 1. The Balaban J connectivity index is 1.82. The van der Waals surface area contributed by atoms with Crippen LogP contribution in [0.4, 0.5) is 14.5 Å². The Bertz CT molecular complexity index is 946. The monoisotopic (exact) mass is 374 g/mol. The molecular formula is C19H16F2N2O2S. The summed E-state index contributed by atoms with van der Waals surface area (Å²) in [5.74, 6) is -2.08. The van der Waals surface area contributed by atoms with Gasteiger partial charge in [-0.15, -0.1) is 0 Å². The van der Waals surface area contributed by atoms with Gasteiger partial charge in [0.1, 0.15) is 5.75 Å². The number of nitrogens with one attached hydrogen (secondary N) is 1. The molecule has 1 amide bonds. The van der Waals surface area contributed by atoms with Crippen LogP contribution in [0.25, 0.3) is 10.9 Å². The van der Waals surface area contributed by atoms with Crippen molar-refractivity contribution in [1.82, 2.24) is 4.98 Å². The molecule has 134 valence electrons. The molecule has 0 radical (unpaired) electrons. The molecule has 3 aromatic rings. The van der Waals surface area contributed by atoms with Gasteiger partial charge in [-0.25, -0.2) is 0 Å². The van der Waals surface area contributed by atoms with Gasteiger partial charge in [0.25, 0.3) is 11.7 Å². The predicted octanol–water partition coefficient (Wildman–Crippen LogP) is 5.12. The van der Waals surface area contributed by atoms with Crippen LogP contribution in [-0.4, -0.2) is 23.8 Å². The van der Waals surface area contributed by atoms with E-state index in [0.29, 0.717) is 39.4 Å². The van der Waals surface area contributed by atoms with Crippen LogP contribution in [-0.2, 0) is 0 Å². The van der Waals surface area contributed by atoms with Crippen molar-refractivity contribution in [3.8, 4) is 5.75 Å². The van der Waals surface area contributed by atoms with Crippen LogP contribution in [0.15, 0.2) is 53.4 Å². The number of benzene rings is 2. The van der Waals surface area contributed by atoms with Gasteiger partial charge in [-0.05, 0) is 49.4 Å². The SMILES string of the molecule is COc1ccc2cc(C(=O)Nc3ccc(SC(F)F)cc3)c(C)nc2c1. The van der Waals surface area contributed by atoms with Crippen LogP contribution >= 0.6 is 11.8 Å². The minimum absolute atomic E-state index is 0.304. The number of pyridine rings is 1. The summed E-state index contributed by atoms with van der Waals surface area (Å²) in [4.78, 5) is 17.5. The highest BCUT2D eigenvalue weighted by Gasteiger charge is 2.13. The van der Waals surface area contributed by atoms with Crippen LogP contribution in [0.1, 0.15) is 16.1 Å². The summed E-state index contributed by atoms with van der Waals surface area (Å²) in [6, 6.07) is 13.5. The number of rotatable bonds is 5. The molecule has 0 fully saturated rings. The van der Waals surface area contributed by atoms with E-state index in [9.17, 15) is 13.6 Å². The van der Waals surface area contributed by atoms with Crippen molar-refractivity contribution < 1.29 is 18.3 Å². The maximum absolute atomic E-state index is 12.6. The largest absolute Gasteiger partial charge is 0.497 e. The van der Waals surface area contributed by atoms with Gasteiger partial charge < -0.3 is 10.1 Å². The lowest BCUT2D eigenvalue weighted by Gasteiger charge is -2.10. The summed E-state index contributed by atoms with van der Waals surface area (Å²) in [7, 11) is 1.58. The molecule has 1 heterocycles. The Hall–Kier alpha value is -2.67. The molecule has 2 aromatic carbocycles. The second-order valence-corrected chi connectivity index (χ2v) is 6.60. The molecule has 0 saturated carbocycles. The van der Waals surface area contributed by atoms with E-state index in [0.717, 1.165) is 10.9 Å². The van der Waals surface area contributed by atoms with Gasteiger partial charge in [0.05, 0.1) is 23.9 Å². The number of nitrogens with zero attached hydrogens (tertiary/aromatic N) is 1. The maximum Gasteiger partial charge on any atom is 0.288 e. The second-order valence-electron chi connectivity index (χ2n) is 5.54. The standard InChI is InChI=1S/C19H16F2N2O2S/c1-11-16(9-12-3-6-14(25-2)10-17(12)22-11)18(24)23-13-4-7-15(8-5-13)26-19(20)21/h3-10,19H,1-2H3,(H,23,24). The van der Waals surface area contributed by atoms with Crippen LogP contribution in [0.3, 0.4) is 0 Å². The number of aromatic nitrogens is 1. The number of methoxy groups -OCH3 is 1. The van der Waals surface area contributed by atoms with Crippen LogP contribution in [0.2, 0.25) is 0 Å². The van der Waals surface area contributed by atoms with E-state index >= 15 is 0 Å². The lowest BCUT2D eigenvalue weighted by Crippen LogP contribution is -2.14. The third-order valence-corrected chi connectivity index (χ3v) is 4.52. The molecule has 0 aliphatic carbocycles. The molecule has 0 aliphatic rings. The molecule has 0 bridgehead atoms. The number of hydrogen-bond donors (Lipinski definition) is 1. The van der Waals surface area contributed by atoms with Gasteiger partial charge in [-0.3, -0.25) is 9.78 Å². The molecule has 4 nitrogen and oxygen atoms in total. The van der Waals surface area contributed by atoms with Gasteiger partial charge in [-0.1, -0.05) is 11.8 Å². The molecule has 0 atom stereocenters. The predicted molar refractivity (Wildman–Crippen MR) is 99.3 cm³/mol. The average Bonchev–Trinajstić information content (AvgIpc) is 2.61. The minimum atomic E-state index is -2.47. The summed E-state index contributed by atoms with van der Waals surface area (Å²) >= 11 is 0.463. The number of aryl methyl sites for hydroxylation is 1. The third kappa shape index (κ3) is 4.11. The normalized spacial score (nSPS) is 11.0. The number of halogens is 2.